The van der Waals surface area contributed by atoms with Crippen LogP contribution in [0.4, 0.5) is 0 Å². The molecule has 0 aliphatic heterocycles. The first-order valence-electron chi connectivity index (χ1n) is 1.42. The van der Waals surface area contributed by atoms with Crippen molar-refractivity contribution in [2.24, 2.45) is 0 Å². The predicted octanol–water partition coefficient (Wildman–Crippen LogP) is -0.411. The Labute approximate surface area is 48.1 Å². The summed E-state index contributed by atoms with van der Waals surface area (Å²) in [6.07, 6.45) is -1.06. The summed E-state index contributed by atoms with van der Waals surface area (Å²) >= 11 is 0. The van der Waals surface area contributed by atoms with Gasteiger partial charge in [0.15, 0.2) is 0 Å². The fourth-order valence-corrected chi connectivity index (χ4v) is 0. The van der Waals surface area contributed by atoms with Crippen LogP contribution >= 0.6 is 16.7 Å². The molecule has 0 bridgehead atoms. The molecule has 50 valence electrons. The van der Waals surface area contributed by atoms with Crippen LogP contribution in [0.1, 0.15) is 0 Å². The highest BCUT2D eigenvalue weighted by atomic mass is 31.2. The predicted molar refractivity (Wildman–Crippen MR) is 28.1 cm³/mol. The van der Waals surface area contributed by atoms with Gasteiger partial charge in [0, 0.05) is 0 Å². The minimum Gasteiger partial charge on any atom is -0.384 e. The maximum atomic E-state index is 9.44. The van der Waals surface area contributed by atoms with Crippen molar-refractivity contribution in [3.63, 3.8) is 0 Å². The van der Waals surface area contributed by atoms with E-state index in [1.807, 2.05) is 0 Å². The highest BCUT2D eigenvalue weighted by Crippen LogP contribution is 2.31. The van der Waals surface area contributed by atoms with E-state index in [2.05, 4.69) is 0 Å². The smallest absolute Gasteiger partial charge is 0.350 e. The van der Waals surface area contributed by atoms with Crippen LogP contribution in [-0.2, 0) is 9.13 Å². The van der Waals surface area contributed by atoms with E-state index in [0.29, 0.717) is 0 Å². The van der Waals surface area contributed by atoms with Crippen LogP contribution in [0, 0.1) is 0 Å². The Hall–Kier alpha value is 0.210. The van der Waals surface area contributed by atoms with E-state index in [0.717, 1.165) is 0 Å². The van der Waals surface area contributed by atoms with Crippen LogP contribution in [0.5, 0.6) is 0 Å². The van der Waals surface area contributed by atoms with Crippen LogP contribution in [0.15, 0.2) is 0 Å². The fourth-order valence-electron chi connectivity index (χ4n) is 0. The van der Waals surface area contributed by atoms with E-state index in [-0.39, 0.29) is 0 Å². The van der Waals surface area contributed by atoms with Gasteiger partial charge in [-0.2, -0.15) is 0 Å². The molecule has 7 heteroatoms. The Bertz CT molecular complexity index is 84.4. The molecule has 3 N–H and O–H groups in total. The number of aliphatic hydroxyl groups is 1. The van der Waals surface area contributed by atoms with Crippen LogP contribution in [0.3, 0.4) is 0 Å². The van der Waals surface area contributed by atoms with Crippen LogP contribution in [0.25, 0.3) is 0 Å². The van der Waals surface area contributed by atoms with E-state index < -0.39 is 13.9 Å². The lowest BCUT2D eigenvalue weighted by Crippen LogP contribution is -1.81. The maximum Gasteiger partial charge on any atom is 0.350 e. The zero-order valence-electron chi connectivity index (χ0n) is 3.81. The molecule has 0 unspecified atom stereocenters. The van der Waals surface area contributed by atoms with Crippen molar-refractivity contribution in [2.45, 2.75) is 0 Å². The molecule has 0 atom stereocenters. The molecule has 0 spiro atoms. The molecule has 0 radical (unpaired) electrons. The fraction of sp³-hybridized carbons (Fsp3) is 1.00. The SMILES string of the molecule is O=P.O=P(O)(O)CO. The lowest BCUT2D eigenvalue weighted by molar-refractivity contribution is 0.287. The van der Waals surface area contributed by atoms with Gasteiger partial charge in [-0.05, 0) is 0 Å². The average molecular weight is 160 g/mol. The van der Waals surface area contributed by atoms with Crippen molar-refractivity contribution in [1.82, 2.24) is 0 Å². The first-order valence-corrected chi connectivity index (χ1v) is 3.63. The third-order valence-electron chi connectivity index (χ3n) is 0.184. The summed E-state index contributed by atoms with van der Waals surface area (Å²) in [4.78, 5) is 15.4. The van der Waals surface area contributed by atoms with E-state index in [4.69, 9.17) is 19.5 Å². The molecule has 0 aromatic heterocycles. The monoisotopic (exact) mass is 160 g/mol. The normalized spacial score (nSPS) is 9.38. The van der Waals surface area contributed by atoms with Gasteiger partial charge in [0.2, 0.25) is 0 Å². The van der Waals surface area contributed by atoms with Gasteiger partial charge in [-0.1, -0.05) is 0 Å². The molecule has 8 heavy (non-hydrogen) atoms. The first-order chi connectivity index (χ1) is 3.56. The summed E-state index contributed by atoms with van der Waals surface area (Å²) in [7, 11) is -2.37. The Balaban J connectivity index is 0. The molecule has 5 nitrogen and oxygen atoms in total. The highest BCUT2D eigenvalue weighted by molar-refractivity contribution is 7.51. The molecule has 0 rings (SSSR count). The highest BCUT2D eigenvalue weighted by Gasteiger charge is 2.07. The van der Waals surface area contributed by atoms with Crippen molar-refractivity contribution in [1.29, 1.82) is 0 Å². The largest absolute Gasteiger partial charge is 0.384 e. The Kier molecular flexibility index (Phi) is 7.40. The molecule has 0 fully saturated rings. The summed E-state index contributed by atoms with van der Waals surface area (Å²) in [5.41, 5.74) is 0. The number of rotatable bonds is 1. The molecule has 0 amide bonds. The maximum absolute atomic E-state index is 9.44. The zero-order valence-corrected chi connectivity index (χ0v) is 5.71. The lowest BCUT2D eigenvalue weighted by Gasteiger charge is -1.92. The molecule has 0 aromatic carbocycles. The molecule has 0 aliphatic rings. The zero-order chi connectivity index (χ0) is 7.21. The average Bonchev–Trinajstić information content (AvgIpc) is 1.71. The van der Waals surface area contributed by atoms with Crippen molar-refractivity contribution in [2.75, 3.05) is 6.35 Å². The van der Waals surface area contributed by atoms with Gasteiger partial charge in [0.25, 0.3) is 0 Å². The molecule has 0 saturated heterocycles. The minimum atomic E-state index is -4.09. The topological polar surface area (TPSA) is 94.8 Å². The van der Waals surface area contributed by atoms with E-state index >= 15 is 0 Å². The minimum absolute atomic E-state index is 1.06. The summed E-state index contributed by atoms with van der Waals surface area (Å²) in [5, 5.41) is 7.64. The van der Waals surface area contributed by atoms with Gasteiger partial charge in [-0.3, -0.25) is 9.13 Å². The Morgan fingerprint density at radius 2 is 1.50 bits per heavy atom. The first kappa shape index (κ1) is 11.1. The number of hydrogen-bond acceptors (Lipinski definition) is 3. The van der Waals surface area contributed by atoms with E-state index in [1.54, 1.807) is 9.12 Å². The summed E-state index contributed by atoms with van der Waals surface area (Å²) in [5.74, 6) is 0. The third-order valence-corrected chi connectivity index (χ3v) is 0.553. The van der Waals surface area contributed by atoms with Gasteiger partial charge >= 0.3 is 7.60 Å². The van der Waals surface area contributed by atoms with Gasteiger partial charge in [-0.15, -0.1) is 0 Å². The second-order valence-electron chi connectivity index (χ2n) is 0.806. The standard InChI is InChI=1S/CH5O4P.HOP/c2-1-6(3,4)5;1-2/h2H,1H2,(H2,3,4,5);2H. The third kappa shape index (κ3) is 16.4. The van der Waals surface area contributed by atoms with Crippen molar-refractivity contribution < 1.29 is 24.0 Å². The molecular formula is CH6O5P2. The van der Waals surface area contributed by atoms with E-state index in [1.165, 1.54) is 0 Å². The van der Waals surface area contributed by atoms with Crippen molar-refractivity contribution in [3.8, 4) is 0 Å². The number of hydrogen-bond donors (Lipinski definition) is 3. The summed E-state index contributed by atoms with van der Waals surface area (Å²) in [6, 6.07) is 0. The van der Waals surface area contributed by atoms with Gasteiger partial charge in [-0.25, -0.2) is 0 Å². The second-order valence-corrected chi connectivity index (χ2v) is 2.42. The molecule has 0 aliphatic carbocycles. The Morgan fingerprint density at radius 3 is 1.50 bits per heavy atom. The van der Waals surface area contributed by atoms with Crippen LogP contribution in [-0.4, -0.2) is 21.2 Å². The van der Waals surface area contributed by atoms with E-state index in [9.17, 15) is 4.57 Å². The van der Waals surface area contributed by atoms with Crippen LogP contribution < -0.4 is 0 Å². The molecular weight excluding hydrogens is 154 g/mol. The van der Waals surface area contributed by atoms with Crippen molar-refractivity contribution in [3.05, 3.63) is 0 Å². The molecule has 0 heterocycles. The lowest BCUT2D eigenvalue weighted by atomic mass is 11.7. The summed E-state index contributed by atoms with van der Waals surface area (Å²) in [6.45, 7) is 0. The van der Waals surface area contributed by atoms with Gasteiger partial charge in [0.05, 0.1) is 0 Å². The van der Waals surface area contributed by atoms with Gasteiger partial charge < -0.3 is 14.9 Å². The summed E-state index contributed by atoms with van der Waals surface area (Å²) < 4.78 is 17.5. The molecule has 0 saturated carbocycles. The van der Waals surface area contributed by atoms with Crippen molar-refractivity contribution >= 4 is 16.7 Å². The van der Waals surface area contributed by atoms with Crippen LogP contribution in [0.2, 0.25) is 0 Å². The Morgan fingerprint density at radius 1 is 1.38 bits per heavy atom. The molecule has 0 aromatic rings. The van der Waals surface area contributed by atoms with Gasteiger partial charge in [0.1, 0.15) is 15.5 Å². The number of aliphatic hydroxyl groups excluding tert-OH is 1. The quantitative estimate of drug-likeness (QED) is 0.453. The second kappa shape index (κ2) is 5.35.